The number of benzene rings is 1. The molecule has 2 rings (SSSR count). The Balaban J connectivity index is 2.52. The Morgan fingerprint density at radius 2 is 1.90 bits per heavy atom. The van der Waals surface area contributed by atoms with E-state index in [0.717, 1.165) is 35.6 Å². The molecule has 0 aliphatic heterocycles. The summed E-state index contributed by atoms with van der Waals surface area (Å²) >= 11 is 12.3. The van der Waals surface area contributed by atoms with Crippen molar-refractivity contribution in [1.82, 2.24) is 9.97 Å². The molecule has 0 aliphatic carbocycles. The van der Waals surface area contributed by atoms with E-state index in [1.807, 2.05) is 26.0 Å². The van der Waals surface area contributed by atoms with E-state index in [-0.39, 0.29) is 0 Å². The van der Waals surface area contributed by atoms with Gasteiger partial charge in [-0.3, -0.25) is 0 Å². The van der Waals surface area contributed by atoms with Gasteiger partial charge < -0.3 is 5.32 Å². The van der Waals surface area contributed by atoms with Crippen molar-refractivity contribution in [1.29, 1.82) is 0 Å². The van der Waals surface area contributed by atoms with Crippen LogP contribution in [0.3, 0.4) is 0 Å². The van der Waals surface area contributed by atoms with Gasteiger partial charge in [-0.1, -0.05) is 36.2 Å². The van der Waals surface area contributed by atoms with Crippen LogP contribution in [0, 0.1) is 13.8 Å². The van der Waals surface area contributed by atoms with Crippen LogP contribution in [0.4, 0.5) is 5.82 Å². The van der Waals surface area contributed by atoms with Crippen LogP contribution in [-0.4, -0.2) is 16.5 Å². The number of nitrogens with one attached hydrogen (secondary N) is 1. The summed E-state index contributed by atoms with van der Waals surface area (Å²) in [5.74, 6) is 1.45. The first-order chi connectivity index (χ1) is 9.54. The molecule has 0 amide bonds. The van der Waals surface area contributed by atoms with Crippen molar-refractivity contribution < 1.29 is 0 Å². The number of anilines is 1. The minimum absolute atomic E-state index is 0.485. The molecule has 0 saturated heterocycles. The fourth-order valence-electron chi connectivity index (χ4n) is 1.84. The summed E-state index contributed by atoms with van der Waals surface area (Å²) in [4.78, 5) is 9.10. The average molecular weight is 310 g/mol. The van der Waals surface area contributed by atoms with E-state index in [0.29, 0.717) is 15.9 Å². The average Bonchev–Trinajstić information content (AvgIpc) is 2.43. The highest BCUT2D eigenvalue weighted by Gasteiger charge is 2.13. The number of aromatic nitrogens is 2. The molecule has 0 atom stereocenters. The third-order valence-corrected chi connectivity index (χ3v) is 3.94. The smallest absolute Gasteiger partial charge is 0.163 e. The van der Waals surface area contributed by atoms with Gasteiger partial charge in [0.1, 0.15) is 5.82 Å². The Kier molecular flexibility index (Phi) is 4.84. The zero-order valence-corrected chi connectivity index (χ0v) is 13.3. The maximum absolute atomic E-state index is 6.24. The van der Waals surface area contributed by atoms with Gasteiger partial charge in [-0.05, 0) is 32.4 Å². The highest BCUT2D eigenvalue weighted by atomic mass is 35.5. The third kappa shape index (κ3) is 3.05. The minimum atomic E-state index is 0.485. The molecule has 0 bridgehead atoms. The van der Waals surface area contributed by atoms with Gasteiger partial charge in [0.25, 0.3) is 0 Å². The number of halogens is 2. The lowest BCUT2D eigenvalue weighted by Gasteiger charge is -2.12. The van der Waals surface area contributed by atoms with Crippen molar-refractivity contribution >= 4 is 29.0 Å². The predicted molar refractivity (Wildman–Crippen MR) is 85.7 cm³/mol. The van der Waals surface area contributed by atoms with Crippen molar-refractivity contribution in [2.45, 2.75) is 27.2 Å². The second kappa shape index (κ2) is 6.42. The van der Waals surface area contributed by atoms with Crippen molar-refractivity contribution in [2.75, 3.05) is 11.9 Å². The second-order valence-corrected chi connectivity index (χ2v) is 5.42. The maximum Gasteiger partial charge on any atom is 0.163 e. The maximum atomic E-state index is 6.24. The number of rotatable bonds is 4. The van der Waals surface area contributed by atoms with Crippen molar-refractivity contribution in [3.8, 4) is 11.4 Å². The summed E-state index contributed by atoms with van der Waals surface area (Å²) in [5, 5.41) is 4.31. The quantitative estimate of drug-likeness (QED) is 0.873. The minimum Gasteiger partial charge on any atom is -0.370 e. The Morgan fingerprint density at radius 1 is 1.15 bits per heavy atom. The molecule has 0 unspecified atom stereocenters. The van der Waals surface area contributed by atoms with Gasteiger partial charge in [0.15, 0.2) is 5.82 Å². The molecule has 1 aromatic heterocycles. The topological polar surface area (TPSA) is 37.8 Å². The number of nitrogens with zero attached hydrogens (tertiary/aromatic N) is 2. The molecule has 1 heterocycles. The van der Waals surface area contributed by atoms with Crippen LogP contribution in [0.15, 0.2) is 18.2 Å². The monoisotopic (exact) mass is 309 g/mol. The summed E-state index contributed by atoms with van der Waals surface area (Å²) in [6.45, 7) is 6.97. The molecule has 2 aromatic rings. The van der Waals surface area contributed by atoms with Crippen LogP contribution in [0.2, 0.25) is 10.0 Å². The predicted octanol–water partition coefficient (Wildman–Crippen LogP) is 4.89. The standard InChI is InChI=1S/C15H17Cl2N3/c1-4-8-18-14-9(2)10(3)19-15(20-14)11-6-5-7-12(16)13(11)17/h5-7H,4,8H2,1-3H3,(H,18,19,20). The molecule has 3 nitrogen and oxygen atoms in total. The second-order valence-electron chi connectivity index (χ2n) is 4.63. The first-order valence-corrected chi connectivity index (χ1v) is 7.33. The highest BCUT2D eigenvalue weighted by molar-refractivity contribution is 6.43. The summed E-state index contributed by atoms with van der Waals surface area (Å²) < 4.78 is 0. The molecular formula is C15H17Cl2N3. The van der Waals surface area contributed by atoms with Crippen LogP contribution in [0.5, 0.6) is 0 Å². The van der Waals surface area contributed by atoms with Gasteiger partial charge in [0, 0.05) is 23.4 Å². The molecule has 0 aliphatic rings. The summed E-state index contributed by atoms with van der Waals surface area (Å²) in [6, 6.07) is 5.48. The summed E-state index contributed by atoms with van der Waals surface area (Å²) in [6.07, 6.45) is 1.04. The molecule has 1 aromatic carbocycles. The van der Waals surface area contributed by atoms with Crippen LogP contribution in [-0.2, 0) is 0 Å². The van der Waals surface area contributed by atoms with Crippen LogP contribution in [0.25, 0.3) is 11.4 Å². The Labute approximate surface area is 129 Å². The van der Waals surface area contributed by atoms with Gasteiger partial charge in [-0.2, -0.15) is 0 Å². The van der Waals surface area contributed by atoms with Crippen LogP contribution < -0.4 is 5.32 Å². The van der Waals surface area contributed by atoms with E-state index in [1.54, 1.807) is 6.07 Å². The van der Waals surface area contributed by atoms with Crippen molar-refractivity contribution in [3.63, 3.8) is 0 Å². The highest BCUT2D eigenvalue weighted by Crippen LogP contribution is 2.32. The van der Waals surface area contributed by atoms with Gasteiger partial charge >= 0.3 is 0 Å². The number of aryl methyl sites for hydroxylation is 1. The summed E-state index contributed by atoms with van der Waals surface area (Å²) in [5.41, 5.74) is 2.74. The normalized spacial score (nSPS) is 10.7. The van der Waals surface area contributed by atoms with Crippen molar-refractivity contribution in [3.05, 3.63) is 39.5 Å². The molecule has 0 spiro atoms. The first-order valence-electron chi connectivity index (χ1n) is 6.58. The van der Waals surface area contributed by atoms with E-state index < -0.39 is 0 Å². The Bertz CT molecular complexity index is 627. The third-order valence-electron chi connectivity index (χ3n) is 3.12. The van der Waals surface area contributed by atoms with Gasteiger partial charge in [-0.15, -0.1) is 0 Å². The van der Waals surface area contributed by atoms with E-state index in [9.17, 15) is 0 Å². The Morgan fingerprint density at radius 3 is 2.60 bits per heavy atom. The molecule has 106 valence electrons. The molecule has 20 heavy (non-hydrogen) atoms. The molecule has 0 fully saturated rings. The van der Waals surface area contributed by atoms with Gasteiger partial charge in [0.05, 0.1) is 10.0 Å². The van der Waals surface area contributed by atoms with Gasteiger partial charge in [-0.25, -0.2) is 9.97 Å². The fourth-order valence-corrected chi connectivity index (χ4v) is 2.23. The fraction of sp³-hybridized carbons (Fsp3) is 0.333. The molecule has 5 heteroatoms. The van der Waals surface area contributed by atoms with E-state index in [1.165, 1.54) is 0 Å². The molecule has 1 N–H and O–H groups in total. The molecular weight excluding hydrogens is 293 g/mol. The largest absolute Gasteiger partial charge is 0.370 e. The van der Waals surface area contributed by atoms with E-state index >= 15 is 0 Å². The zero-order valence-electron chi connectivity index (χ0n) is 11.8. The van der Waals surface area contributed by atoms with Crippen LogP contribution >= 0.6 is 23.2 Å². The number of hydrogen-bond acceptors (Lipinski definition) is 3. The van der Waals surface area contributed by atoms with E-state index in [4.69, 9.17) is 23.2 Å². The lowest BCUT2D eigenvalue weighted by molar-refractivity contribution is 0.955. The Hall–Kier alpha value is -1.32. The lowest BCUT2D eigenvalue weighted by atomic mass is 10.2. The SMILES string of the molecule is CCCNc1nc(-c2cccc(Cl)c2Cl)nc(C)c1C. The van der Waals surface area contributed by atoms with Crippen LogP contribution in [0.1, 0.15) is 24.6 Å². The first kappa shape index (κ1) is 15.1. The summed E-state index contributed by atoms with van der Waals surface area (Å²) in [7, 11) is 0. The van der Waals surface area contributed by atoms with Crippen molar-refractivity contribution in [2.24, 2.45) is 0 Å². The molecule has 0 saturated carbocycles. The van der Waals surface area contributed by atoms with E-state index in [2.05, 4.69) is 22.2 Å². The number of hydrogen-bond donors (Lipinski definition) is 1. The molecule has 0 radical (unpaired) electrons. The van der Waals surface area contributed by atoms with Gasteiger partial charge in [0.2, 0.25) is 0 Å². The lowest BCUT2D eigenvalue weighted by Crippen LogP contribution is -2.07. The zero-order chi connectivity index (χ0) is 14.7.